The van der Waals surface area contributed by atoms with Gasteiger partial charge in [-0.1, -0.05) is 17.4 Å². The summed E-state index contributed by atoms with van der Waals surface area (Å²) in [6, 6.07) is 8.83. The van der Waals surface area contributed by atoms with Crippen molar-refractivity contribution in [3.05, 3.63) is 57.8 Å². The molecule has 12 heteroatoms. The second-order valence-electron chi connectivity index (χ2n) is 8.08. The van der Waals surface area contributed by atoms with Crippen LogP contribution in [0.5, 0.6) is 11.5 Å². The number of hydrogen-bond donors (Lipinski definition) is 1. The molecule has 178 valence electrons. The number of carbonyl (C=O) groups is 1. The van der Waals surface area contributed by atoms with E-state index in [1.165, 1.54) is 16.4 Å². The van der Waals surface area contributed by atoms with Gasteiger partial charge in [0.15, 0.2) is 11.5 Å². The summed E-state index contributed by atoms with van der Waals surface area (Å²) in [7, 11) is -3.86. The number of anilines is 1. The Kier molecular flexibility index (Phi) is 5.96. The number of hydrogen-bond acceptors (Lipinski definition) is 8. The standard InChI is InChI=1S/C22H21FN4O5S2/c1-13-4-5-15(23)9-19(13)34(29,30)27-8-2-3-14(11-27)21-25-26-22(33-21)20(28)24-16-6-7-17-18(10-16)32-12-31-17/h4-7,9-10,14H,2-3,8,11-12H2,1H3,(H,24,28)/t14-/m0/s1. The average molecular weight is 505 g/mol. The molecule has 0 radical (unpaired) electrons. The highest BCUT2D eigenvalue weighted by Gasteiger charge is 2.34. The topological polar surface area (TPSA) is 111 Å². The van der Waals surface area contributed by atoms with Crippen LogP contribution in [0.15, 0.2) is 41.3 Å². The highest BCUT2D eigenvalue weighted by atomic mass is 32.2. The zero-order valence-corrected chi connectivity index (χ0v) is 19.8. The van der Waals surface area contributed by atoms with Crippen LogP contribution in [-0.4, -0.2) is 48.7 Å². The van der Waals surface area contributed by atoms with Crippen molar-refractivity contribution in [3.8, 4) is 11.5 Å². The molecule has 1 aromatic heterocycles. The fraction of sp³-hybridized carbons (Fsp3) is 0.318. The third kappa shape index (κ3) is 4.36. The van der Waals surface area contributed by atoms with Crippen LogP contribution in [0, 0.1) is 12.7 Å². The molecule has 0 bridgehead atoms. The van der Waals surface area contributed by atoms with Gasteiger partial charge >= 0.3 is 0 Å². The van der Waals surface area contributed by atoms with Gasteiger partial charge in [0.05, 0.1) is 4.90 Å². The number of carbonyl (C=O) groups excluding carboxylic acids is 1. The summed E-state index contributed by atoms with van der Waals surface area (Å²) < 4.78 is 52.0. The Hall–Kier alpha value is -3.09. The molecular formula is C22H21FN4O5S2. The molecule has 0 spiro atoms. The molecule has 3 heterocycles. The van der Waals surface area contributed by atoms with Gasteiger partial charge in [0.2, 0.25) is 21.8 Å². The molecule has 5 rings (SSSR count). The molecule has 34 heavy (non-hydrogen) atoms. The van der Waals surface area contributed by atoms with E-state index in [1.54, 1.807) is 25.1 Å². The second-order valence-corrected chi connectivity index (χ2v) is 11.0. The number of sulfonamides is 1. The van der Waals surface area contributed by atoms with Crippen LogP contribution in [0.3, 0.4) is 0 Å². The summed E-state index contributed by atoms with van der Waals surface area (Å²) in [5.74, 6) is -0.0607. The first kappa shape index (κ1) is 22.7. The van der Waals surface area contributed by atoms with E-state index in [0.29, 0.717) is 47.1 Å². The maximum atomic E-state index is 13.7. The zero-order chi connectivity index (χ0) is 23.9. The number of aromatic nitrogens is 2. The number of piperidine rings is 1. The van der Waals surface area contributed by atoms with E-state index in [-0.39, 0.29) is 29.2 Å². The molecule has 1 fully saturated rings. The number of nitrogens with zero attached hydrogens (tertiary/aromatic N) is 3. The average Bonchev–Trinajstić information content (AvgIpc) is 3.50. The van der Waals surface area contributed by atoms with Crippen LogP contribution in [0.25, 0.3) is 0 Å². The van der Waals surface area contributed by atoms with E-state index in [2.05, 4.69) is 15.5 Å². The largest absolute Gasteiger partial charge is 0.454 e. The third-order valence-electron chi connectivity index (χ3n) is 5.77. The lowest BCUT2D eigenvalue weighted by Gasteiger charge is -2.31. The summed E-state index contributed by atoms with van der Waals surface area (Å²) in [5.41, 5.74) is 1.02. The minimum absolute atomic E-state index is 0.0331. The number of fused-ring (bicyclic) bond motifs is 1. The Bertz CT molecular complexity index is 1360. The van der Waals surface area contributed by atoms with Gasteiger partial charge in [-0.2, -0.15) is 4.31 Å². The third-order valence-corrected chi connectivity index (χ3v) is 8.86. The second kappa shape index (κ2) is 8.93. The molecule has 1 saturated heterocycles. The van der Waals surface area contributed by atoms with Gasteiger partial charge in [0.25, 0.3) is 5.91 Å². The molecule has 1 N–H and O–H groups in total. The Morgan fingerprint density at radius 1 is 1.18 bits per heavy atom. The summed E-state index contributed by atoms with van der Waals surface area (Å²) in [6.45, 7) is 2.31. The molecule has 1 amide bonds. The zero-order valence-electron chi connectivity index (χ0n) is 18.2. The summed E-state index contributed by atoms with van der Waals surface area (Å²) in [4.78, 5) is 12.6. The lowest BCUT2D eigenvalue weighted by molar-refractivity contribution is 0.102. The minimum Gasteiger partial charge on any atom is -0.454 e. The number of benzene rings is 2. The molecule has 2 aliphatic heterocycles. The first-order valence-electron chi connectivity index (χ1n) is 10.6. The van der Waals surface area contributed by atoms with Crippen molar-refractivity contribution in [2.75, 3.05) is 25.2 Å². The molecule has 0 aliphatic carbocycles. The number of nitrogens with one attached hydrogen (secondary N) is 1. The van der Waals surface area contributed by atoms with Gasteiger partial charge in [0, 0.05) is 30.8 Å². The molecule has 0 unspecified atom stereocenters. The summed E-state index contributed by atoms with van der Waals surface area (Å²) >= 11 is 1.13. The van der Waals surface area contributed by atoms with E-state index in [0.717, 1.165) is 17.4 Å². The Morgan fingerprint density at radius 3 is 2.85 bits per heavy atom. The Morgan fingerprint density at radius 2 is 2.00 bits per heavy atom. The lowest BCUT2D eigenvalue weighted by Crippen LogP contribution is -2.39. The van der Waals surface area contributed by atoms with Gasteiger partial charge in [-0.15, -0.1) is 10.2 Å². The molecular weight excluding hydrogens is 483 g/mol. The van der Waals surface area contributed by atoms with Crippen molar-refractivity contribution < 1.29 is 27.1 Å². The first-order valence-corrected chi connectivity index (χ1v) is 12.9. The molecule has 2 aromatic carbocycles. The van der Waals surface area contributed by atoms with Gasteiger partial charge in [-0.25, -0.2) is 12.8 Å². The summed E-state index contributed by atoms with van der Waals surface area (Å²) in [5, 5.41) is 11.7. The normalized spacial score (nSPS) is 18.1. The predicted octanol–water partition coefficient (Wildman–Crippen LogP) is 3.53. The SMILES string of the molecule is Cc1ccc(F)cc1S(=O)(=O)N1CCC[C@H](c2nnc(C(=O)Nc3ccc4c(c3)OCO4)s2)C1. The monoisotopic (exact) mass is 504 g/mol. The number of halogens is 1. The highest BCUT2D eigenvalue weighted by Crippen LogP contribution is 2.35. The van der Waals surface area contributed by atoms with Crippen molar-refractivity contribution in [1.82, 2.24) is 14.5 Å². The van der Waals surface area contributed by atoms with Crippen LogP contribution in [0.4, 0.5) is 10.1 Å². The Balaban J connectivity index is 1.30. The maximum absolute atomic E-state index is 13.7. The smallest absolute Gasteiger partial charge is 0.286 e. The molecule has 0 saturated carbocycles. The Labute approximate surface area is 199 Å². The number of amides is 1. The van der Waals surface area contributed by atoms with E-state index in [4.69, 9.17) is 9.47 Å². The van der Waals surface area contributed by atoms with Crippen molar-refractivity contribution in [2.24, 2.45) is 0 Å². The van der Waals surface area contributed by atoms with Crippen LogP contribution < -0.4 is 14.8 Å². The number of aryl methyl sites for hydroxylation is 1. The van der Waals surface area contributed by atoms with Gasteiger partial charge in [-0.05, 0) is 49.6 Å². The van der Waals surface area contributed by atoms with Crippen LogP contribution in [0.2, 0.25) is 0 Å². The number of rotatable bonds is 5. The predicted molar refractivity (Wildman–Crippen MR) is 122 cm³/mol. The molecule has 2 aliphatic rings. The molecule has 3 aromatic rings. The van der Waals surface area contributed by atoms with Gasteiger partial charge in [0.1, 0.15) is 10.8 Å². The van der Waals surface area contributed by atoms with Gasteiger partial charge < -0.3 is 14.8 Å². The van der Waals surface area contributed by atoms with E-state index in [1.807, 2.05) is 0 Å². The van der Waals surface area contributed by atoms with Crippen LogP contribution in [0.1, 0.15) is 39.1 Å². The quantitative estimate of drug-likeness (QED) is 0.566. The minimum atomic E-state index is -3.86. The fourth-order valence-corrected chi connectivity index (χ4v) is 6.63. The van der Waals surface area contributed by atoms with E-state index in [9.17, 15) is 17.6 Å². The maximum Gasteiger partial charge on any atom is 0.286 e. The van der Waals surface area contributed by atoms with Crippen molar-refractivity contribution in [3.63, 3.8) is 0 Å². The molecule has 9 nitrogen and oxygen atoms in total. The highest BCUT2D eigenvalue weighted by molar-refractivity contribution is 7.89. The van der Waals surface area contributed by atoms with Gasteiger partial charge in [-0.3, -0.25) is 4.79 Å². The fourth-order valence-electron chi connectivity index (χ4n) is 4.00. The molecule has 1 atom stereocenters. The first-order chi connectivity index (χ1) is 16.3. The summed E-state index contributed by atoms with van der Waals surface area (Å²) in [6.07, 6.45) is 1.34. The van der Waals surface area contributed by atoms with Crippen molar-refractivity contribution in [2.45, 2.75) is 30.6 Å². The van der Waals surface area contributed by atoms with Crippen molar-refractivity contribution >= 4 is 33.0 Å². The lowest BCUT2D eigenvalue weighted by atomic mass is 10.0. The van der Waals surface area contributed by atoms with Crippen LogP contribution in [-0.2, 0) is 10.0 Å². The van der Waals surface area contributed by atoms with E-state index >= 15 is 0 Å². The number of ether oxygens (including phenoxy) is 2. The van der Waals surface area contributed by atoms with Crippen LogP contribution >= 0.6 is 11.3 Å². The van der Waals surface area contributed by atoms with Crippen molar-refractivity contribution in [1.29, 1.82) is 0 Å². The van der Waals surface area contributed by atoms with E-state index < -0.39 is 21.7 Å².